The van der Waals surface area contributed by atoms with Crippen LogP contribution in [0.1, 0.15) is 38.7 Å². The van der Waals surface area contributed by atoms with Gasteiger partial charge in [0.2, 0.25) is 0 Å². The Morgan fingerprint density at radius 1 is 1.30 bits per heavy atom. The zero-order valence-corrected chi connectivity index (χ0v) is 14.7. The van der Waals surface area contributed by atoms with Crippen LogP contribution in [-0.4, -0.2) is 43.1 Å². The molecule has 1 aromatic carbocycles. The van der Waals surface area contributed by atoms with Gasteiger partial charge in [0.1, 0.15) is 5.75 Å². The lowest BCUT2D eigenvalue weighted by Gasteiger charge is -2.30. The van der Waals surface area contributed by atoms with Crippen LogP contribution >= 0.6 is 0 Å². The molecule has 0 bridgehead atoms. The van der Waals surface area contributed by atoms with E-state index in [1.165, 1.54) is 31.5 Å². The number of piperidine rings is 1. The number of ether oxygens (including phenoxy) is 1. The number of rotatable bonds is 7. The topological polar surface area (TPSA) is 41.6 Å². The number of hydrogen-bond acceptors (Lipinski definition) is 3. The molecule has 0 spiro atoms. The summed E-state index contributed by atoms with van der Waals surface area (Å²) in [6.07, 6.45) is 3.13. The highest BCUT2D eigenvalue weighted by molar-refractivity contribution is 5.80. The van der Waals surface area contributed by atoms with Crippen LogP contribution in [0.2, 0.25) is 0 Å². The van der Waals surface area contributed by atoms with Gasteiger partial charge in [0.05, 0.1) is 0 Å². The van der Waals surface area contributed by atoms with E-state index in [2.05, 4.69) is 17.1 Å². The number of carbonyl (C=O) groups is 1. The van der Waals surface area contributed by atoms with Gasteiger partial charge in [-0.25, -0.2) is 0 Å². The zero-order chi connectivity index (χ0) is 16.7. The molecule has 0 aromatic heterocycles. The molecular weight excluding hydrogens is 288 g/mol. The largest absolute Gasteiger partial charge is 0.481 e. The molecule has 1 N–H and O–H groups in total. The maximum Gasteiger partial charge on any atom is 0.260 e. The van der Waals surface area contributed by atoms with E-state index in [1.54, 1.807) is 6.92 Å². The third-order valence-corrected chi connectivity index (χ3v) is 4.53. The van der Waals surface area contributed by atoms with Crippen molar-refractivity contribution < 1.29 is 9.53 Å². The highest BCUT2D eigenvalue weighted by atomic mass is 16.5. The Hall–Kier alpha value is -1.55. The normalized spacial score (nSPS) is 17.7. The number of aryl methyl sites for hydroxylation is 1. The van der Waals surface area contributed by atoms with Crippen molar-refractivity contribution in [1.82, 2.24) is 10.2 Å². The average Bonchev–Trinajstić information content (AvgIpc) is 2.55. The van der Waals surface area contributed by atoms with E-state index >= 15 is 0 Å². The van der Waals surface area contributed by atoms with Gasteiger partial charge in [0.15, 0.2) is 6.10 Å². The summed E-state index contributed by atoms with van der Waals surface area (Å²) in [5.41, 5.74) is 1.18. The van der Waals surface area contributed by atoms with Crippen LogP contribution in [0.15, 0.2) is 24.3 Å². The summed E-state index contributed by atoms with van der Waals surface area (Å²) in [7, 11) is 0. The number of nitrogens with one attached hydrogen (secondary N) is 1. The summed E-state index contributed by atoms with van der Waals surface area (Å²) in [5.74, 6) is 1.56. The Bertz CT molecular complexity index is 479. The summed E-state index contributed by atoms with van der Waals surface area (Å²) >= 11 is 0. The first kappa shape index (κ1) is 17.8. The molecule has 1 aliphatic rings. The van der Waals surface area contributed by atoms with Gasteiger partial charge < -0.3 is 15.0 Å². The molecule has 1 atom stereocenters. The number of carbonyl (C=O) groups excluding carboxylic acids is 1. The van der Waals surface area contributed by atoms with Crippen LogP contribution in [0.4, 0.5) is 0 Å². The van der Waals surface area contributed by atoms with Crippen LogP contribution in [0.25, 0.3) is 0 Å². The molecule has 4 heteroatoms. The lowest BCUT2D eigenvalue weighted by Crippen LogP contribution is -2.39. The second-order valence-corrected chi connectivity index (χ2v) is 6.74. The minimum atomic E-state index is -0.464. The molecule has 1 fully saturated rings. The predicted molar refractivity (Wildman–Crippen MR) is 93.7 cm³/mol. The Labute approximate surface area is 140 Å². The fourth-order valence-electron chi connectivity index (χ4n) is 2.82. The van der Waals surface area contributed by atoms with Gasteiger partial charge >= 0.3 is 0 Å². The van der Waals surface area contributed by atoms with Gasteiger partial charge in [-0.2, -0.15) is 0 Å². The van der Waals surface area contributed by atoms with E-state index in [1.807, 2.05) is 31.2 Å². The van der Waals surface area contributed by atoms with Crippen molar-refractivity contribution in [2.75, 3.05) is 26.2 Å². The third kappa shape index (κ3) is 6.22. The van der Waals surface area contributed by atoms with Gasteiger partial charge in [0.25, 0.3) is 5.91 Å². The van der Waals surface area contributed by atoms with Crippen molar-refractivity contribution in [2.24, 2.45) is 5.92 Å². The summed E-state index contributed by atoms with van der Waals surface area (Å²) in [5, 5.41) is 2.97. The van der Waals surface area contributed by atoms with Crippen LogP contribution in [-0.2, 0) is 4.79 Å². The highest BCUT2D eigenvalue weighted by Crippen LogP contribution is 2.16. The van der Waals surface area contributed by atoms with E-state index in [0.717, 1.165) is 24.6 Å². The van der Waals surface area contributed by atoms with Gasteiger partial charge in [-0.3, -0.25) is 4.79 Å². The summed E-state index contributed by atoms with van der Waals surface area (Å²) in [6, 6.07) is 7.77. The van der Waals surface area contributed by atoms with E-state index < -0.39 is 6.10 Å². The maximum absolute atomic E-state index is 12.1. The Morgan fingerprint density at radius 3 is 2.61 bits per heavy atom. The first-order valence-corrected chi connectivity index (χ1v) is 8.78. The fourth-order valence-corrected chi connectivity index (χ4v) is 2.82. The molecule has 1 amide bonds. The molecular formula is C19H30N2O2. The van der Waals surface area contributed by atoms with Crippen molar-refractivity contribution in [3.63, 3.8) is 0 Å². The SMILES string of the molecule is Cc1ccc(OC(C)C(=O)NCCCN2CCC(C)CC2)cc1. The van der Waals surface area contributed by atoms with Crippen LogP contribution in [0, 0.1) is 12.8 Å². The molecule has 4 nitrogen and oxygen atoms in total. The molecule has 0 saturated carbocycles. The molecule has 0 aliphatic carbocycles. The number of amides is 1. The van der Waals surface area contributed by atoms with Crippen LogP contribution in [0.5, 0.6) is 5.75 Å². The van der Waals surface area contributed by atoms with Gasteiger partial charge in [-0.05, 0) is 70.8 Å². The van der Waals surface area contributed by atoms with Crippen molar-refractivity contribution >= 4 is 5.91 Å². The Kier molecular flexibility index (Phi) is 6.90. The van der Waals surface area contributed by atoms with Crippen molar-refractivity contribution in [3.8, 4) is 5.75 Å². The molecule has 128 valence electrons. The minimum Gasteiger partial charge on any atom is -0.481 e. The lowest BCUT2D eigenvalue weighted by atomic mass is 9.99. The standard InChI is InChI=1S/C19H30N2O2/c1-15-5-7-18(8-6-15)23-17(3)19(22)20-11-4-12-21-13-9-16(2)10-14-21/h5-8,16-17H,4,9-14H2,1-3H3,(H,20,22). The molecule has 2 rings (SSSR count). The van der Waals surface area contributed by atoms with Gasteiger partial charge in [-0.15, -0.1) is 0 Å². The second kappa shape index (κ2) is 8.92. The Morgan fingerprint density at radius 2 is 1.96 bits per heavy atom. The molecule has 1 unspecified atom stereocenters. The predicted octanol–water partition coefficient (Wildman–Crippen LogP) is 3.00. The number of likely N-dealkylation sites (tertiary alicyclic amines) is 1. The molecule has 1 heterocycles. The summed E-state index contributed by atoms with van der Waals surface area (Å²) in [4.78, 5) is 14.6. The van der Waals surface area contributed by atoms with Gasteiger partial charge in [-0.1, -0.05) is 24.6 Å². The van der Waals surface area contributed by atoms with E-state index in [0.29, 0.717) is 6.54 Å². The summed E-state index contributed by atoms with van der Waals surface area (Å²) < 4.78 is 5.67. The van der Waals surface area contributed by atoms with Crippen molar-refractivity contribution in [3.05, 3.63) is 29.8 Å². The highest BCUT2D eigenvalue weighted by Gasteiger charge is 2.16. The average molecular weight is 318 g/mol. The first-order chi connectivity index (χ1) is 11.0. The zero-order valence-electron chi connectivity index (χ0n) is 14.7. The quantitative estimate of drug-likeness (QED) is 0.786. The van der Waals surface area contributed by atoms with Crippen LogP contribution in [0.3, 0.4) is 0 Å². The third-order valence-electron chi connectivity index (χ3n) is 4.53. The lowest BCUT2D eigenvalue weighted by molar-refractivity contribution is -0.127. The number of hydrogen-bond donors (Lipinski definition) is 1. The Balaban J connectivity index is 1.61. The maximum atomic E-state index is 12.1. The number of benzene rings is 1. The smallest absolute Gasteiger partial charge is 0.260 e. The van der Waals surface area contributed by atoms with E-state index in [-0.39, 0.29) is 5.91 Å². The van der Waals surface area contributed by atoms with Crippen molar-refractivity contribution in [1.29, 1.82) is 0 Å². The molecule has 23 heavy (non-hydrogen) atoms. The summed E-state index contributed by atoms with van der Waals surface area (Å²) in [6.45, 7) is 10.3. The van der Waals surface area contributed by atoms with Crippen molar-refractivity contribution in [2.45, 2.75) is 46.1 Å². The van der Waals surface area contributed by atoms with E-state index in [9.17, 15) is 4.79 Å². The molecule has 1 aromatic rings. The minimum absolute atomic E-state index is 0.0437. The second-order valence-electron chi connectivity index (χ2n) is 6.74. The molecule has 0 radical (unpaired) electrons. The number of nitrogens with zero attached hydrogens (tertiary/aromatic N) is 1. The van der Waals surface area contributed by atoms with Gasteiger partial charge in [0, 0.05) is 6.54 Å². The molecule has 1 aliphatic heterocycles. The van der Waals surface area contributed by atoms with Crippen LogP contribution < -0.4 is 10.1 Å². The monoisotopic (exact) mass is 318 g/mol. The van der Waals surface area contributed by atoms with E-state index in [4.69, 9.17) is 4.74 Å². The first-order valence-electron chi connectivity index (χ1n) is 8.78. The molecule has 1 saturated heterocycles. The fraction of sp³-hybridized carbons (Fsp3) is 0.632.